The predicted molar refractivity (Wildman–Crippen MR) is 68.4 cm³/mol. The Bertz CT molecular complexity index is 392. The van der Waals surface area contributed by atoms with E-state index in [2.05, 4.69) is 13.8 Å². The summed E-state index contributed by atoms with van der Waals surface area (Å²) in [5.74, 6) is 0.631. The zero-order valence-corrected chi connectivity index (χ0v) is 10.8. The number of hydrogen-bond donors (Lipinski definition) is 0. The number of hydrogen-bond acceptors (Lipinski definition) is 2. The molecule has 2 nitrogen and oxygen atoms in total. The first-order valence-electron chi connectivity index (χ1n) is 6.37. The van der Waals surface area contributed by atoms with Gasteiger partial charge in [0.15, 0.2) is 5.78 Å². The zero-order chi connectivity index (χ0) is 12.4. The van der Waals surface area contributed by atoms with Crippen LogP contribution in [0, 0.1) is 0 Å². The molecule has 1 saturated heterocycles. The molecule has 1 fully saturated rings. The summed E-state index contributed by atoms with van der Waals surface area (Å²) in [5, 5.41) is 0. The number of carbonyl (C=O) groups excluding carboxylic acids is 1. The van der Waals surface area contributed by atoms with Crippen LogP contribution in [0.1, 0.15) is 55.5 Å². The number of benzene rings is 1. The second-order valence-electron chi connectivity index (χ2n) is 5.15. The summed E-state index contributed by atoms with van der Waals surface area (Å²) in [6.45, 7) is 6.33. The molecule has 1 aromatic rings. The van der Waals surface area contributed by atoms with Gasteiger partial charge in [-0.1, -0.05) is 38.1 Å². The minimum atomic E-state index is -0.227. The molecule has 2 heteroatoms. The maximum Gasteiger partial charge on any atom is 0.191 e. The van der Waals surface area contributed by atoms with Gasteiger partial charge in [0, 0.05) is 5.56 Å². The third-order valence-electron chi connectivity index (χ3n) is 3.39. The molecule has 0 N–H and O–H groups in total. The Morgan fingerprint density at radius 2 is 1.88 bits per heavy atom. The third-order valence-corrected chi connectivity index (χ3v) is 3.39. The first-order chi connectivity index (χ1) is 8.08. The van der Waals surface area contributed by atoms with Gasteiger partial charge in [-0.15, -0.1) is 0 Å². The fraction of sp³-hybridized carbons (Fsp3) is 0.533. The average molecular weight is 232 g/mol. The Balaban J connectivity index is 2.09. The molecule has 1 aromatic carbocycles. The number of rotatable bonds is 3. The van der Waals surface area contributed by atoms with Crippen LogP contribution in [-0.2, 0) is 4.74 Å². The molecule has 0 saturated carbocycles. The van der Waals surface area contributed by atoms with Gasteiger partial charge in [0.05, 0.1) is 6.10 Å². The van der Waals surface area contributed by atoms with Crippen LogP contribution in [-0.4, -0.2) is 18.0 Å². The van der Waals surface area contributed by atoms with Crippen molar-refractivity contribution in [2.24, 2.45) is 0 Å². The lowest BCUT2D eigenvalue weighted by atomic mass is 9.98. The second-order valence-corrected chi connectivity index (χ2v) is 5.15. The van der Waals surface area contributed by atoms with E-state index >= 15 is 0 Å². The summed E-state index contributed by atoms with van der Waals surface area (Å²) in [7, 11) is 0. The molecule has 0 spiro atoms. The molecular formula is C15H20O2. The highest BCUT2D eigenvalue weighted by molar-refractivity contribution is 5.99. The molecule has 1 aliphatic heterocycles. The Morgan fingerprint density at radius 3 is 2.35 bits per heavy atom. The van der Waals surface area contributed by atoms with Gasteiger partial charge in [-0.2, -0.15) is 0 Å². The van der Waals surface area contributed by atoms with Crippen molar-refractivity contribution in [1.29, 1.82) is 0 Å². The number of carbonyl (C=O) groups is 1. The van der Waals surface area contributed by atoms with E-state index in [4.69, 9.17) is 4.74 Å². The van der Waals surface area contributed by atoms with Crippen LogP contribution in [0.15, 0.2) is 24.3 Å². The van der Waals surface area contributed by atoms with Crippen molar-refractivity contribution in [3.63, 3.8) is 0 Å². The molecule has 0 amide bonds. The Morgan fingerprint density at radius 1 is 1.24 bits per heavy atom. The van der Waals surface area contributed by atoms with Crippen molar-refractivity contribution in [2.75, 3.05) is 0 Å². The molecule has 2 rings (SSSR count). The lowest BCUT2D eigenvalue weighted by molar-refractivity contribution is 0.0433. The summed E-state index contributed by atoms with van der Waals surface area (Å²) < 4.78 is 5.61. The van der Waals surface area contributed by atoms with Crippen LogP contribution in [0.2, 0.25) is 0 Å². The zero-order valence-electron chi connectivity index (χ0n) is 10.8. The SMILES string of the molecule is CC1CCC(C(=O)c2ccc(C(C)C)cc2)O1. The minimum absolute atomic E-state index is 0.129. The van der Waals surface area contributed by atoms with Crippen LogP contribution in [0.25, 0.3) is 0 Å². The van der Waals surface area contributed by atoms with E-state index in [0.29, 0.717) is 5.92 Å². The van der Waals surface area contributed by atoms with Gasteiger partial charge in [0.2, 0.25) is 0 Å². The normalized spacial score (nSPS) is 24.2. The highest BCUT2D eigenvalue weighted by Gasteiger charge is 2.28. The van der Waals surface area contributed by atoms with Gasteiger partial charge in [0.25, 0.3) is 0 Å². The van der Waals surface area contributed by atoms with Crippen molar-refractivity contribution in [2.45, 2.75) is 51.7 Å². The number of ketones is 1. The first kappa shape index (κ1) is 12.3. The Labute approximate surface area is 103 Å². The maximum absolute atomic E-state index is 12.1. The Kier molecular flexibility index (Phi) is 3.63. The Hall–Kier alpha value is -1.15. The summed E-state index contributed by atoms with van der Waals surface area (Å²) in [5.41, 5.74) is 2.04. The molecule has 2 unspecified atom stereocenters. The quantitative estimate of drug-likeness (QED) is 0.745. The van der Waals surface area contributed by atoms with Gasteiger partial charge >= 0.3 is 0 Å². The van der Waals surface area contributed by atoms with Gasteiger partial charge in [-0.25, -0.2) is 0 Å². The van der Waals surface area contributed by atoms with Crippen LogP contribution in [0.5, 0.6) is 0 Å². The van der Waals surface area contributed by atoms with E-state index < -0.39 is 0 Å². The van der Waals surface area contributed by atoms with E-state index in [-0.39, 0.29) is 18.0 Å². The monoisotopic (exact) mass is 232 g/mol. The van der Waals surface area contributed by atoms with Crippen LogP contribution >= 0.6 is 0 Å². The van der Waals surface area contributed by atoms with Crippen molar-refractivity contribution in [1.82, 2.24) is 0 Å². The van der Waals surface area contributed by atoms with Crippen LogP contribution in [0.4, 0.5) is 0 Å². The smallest absolute Gasteiger partial charge is 0.191 e. The number of ether oxygens (including phenoxy) is 1. The highest BCUT2D eigenvalue weighted by atomic mass is 16.5. The van der Waals surface area contributed by atoms with E-state index in [1.165, 1.54) is 5.56 Å². The topological polar surface area (TPSA) is 26.3 Å². The minimum Gasteiger partial charge on any atom is -0.367 e. The van der Waals surface area contributed by atoms with Crippen molar-refractivity contribution in [3.8, 4) is 0 Å². The van der Waals surface area contributed by atoms with Gasteiger partial charge in [-0.05, 0) is 31.2 Å². The molecule has 17 heavy (non-hydrogen) atoms. The first-order valence-corrected chi connectivity index (χ1v) is 6.37. The van der Waals surface area contributed by atoms with Crippen molar-refractivity contribution < 1.29 is 9.53 Å². The highest BCUT2D eigenvalue weighted by Crippen LogP contribution is 2.23. The summed E-state index contributed by atoms with van der Waals surface area (Å²) in [6, 6.07) is 7.92. The van der Waals surface area contributed by atoms with Gasteiger partial charge in [-0.3, -0.25) is 4.79 Å². The predicted octanol–water partition coefficient (Wildman–Crippen LogP) is 3.56. The van der Waals surface area contributed by atoms with E-state index in [1.807, 2.05) is 31.2 Å². The van der Waals surface area contributed by atoms with Crippen LogP contribution in [0.3, 0.4) is 0 Å². The van der Waals surface area contributed by atoms with Crippen molar-refractivity contribution >= 4 is 5.78 Å². The molecular weight excluding hydrogens is 212 g/mol. The second kappa shape index (κ2) is 5.01. The van der Waals surface area contributed by atoms with Gasteiger partial charge < -0.3 is 4.74 Å². The third kappa shape index (κ3) is 2.75. The molecule has 0 aromatic heterocycles. The average Bonchev–Trinajstić information content (AvgIpc) is 2.75. The van der Waals surface area contributed by atoms with E-state index in [9.17, 15) is 4.79 Å². The molecule has 92 valence electrons. The summed E-state index contributed by atoms with van der Waals surface area (Å²) in [4.78, 5) is 12.1. The fourth-order valence-electron chi connectivity index (χ4n) is 2.21. The van der Waals surface area contributed by atoms with E-state index in [1.54, 1.807) is 0 Å². The standard InChI is InChI=1S/C15H20O2/c1-10(2)12-5-7-13(8-6-12)15(16)14-9-4-11(3)17-14/h5-8,10-11,14H,4,9H2,1-3H3. The molecule has 0 bridgehead atoms. The lowest BCUT2D eigenvalue weighted by Crippen LogP contribution is -2.20. The van der Waals surface area contributed by atoms with Crippen LogP contribution < -0.4 is 0 Å². The van der Waals surface area contributed by atoms with E-state index in [0.717, 1.165) is 18.4 Å². The molecule has 2 atom stereocenters. The molecule has 0 radical (unpaired) electrons. The molecule has 1 heterocycles. The largest absolute Gasteiger partial charge is 0.367 e. The lowest BCUT2D eigenvalue weighted by Gasteiger charge is -2.11. The summed E-state index contributed by atoms with van der Waals surface area (Å²) in [6.07, 6.45) is 1.83. The van der Waals surface area contributed by atoms with Gasteiger partial charge in [0.1, 0.15) is 6.10 Å². The summed E-state index contributed by atoms with van der Waals surface area (Å²) >= 11 is 0. The fourth-order valence-corrected chi connectivity index (χ4v) is 2.21. The molecule has 1 aliphatic rings. The molecule has 0 aliphatic carbocycles. The maximum atomic E-state index is 12.1. The number of Topliss-reactive ketones (excluding diaryl/α,β-unsaturated/α-hetero) is 1. The van der Waals surface area contributed by atoms with Crippen molar-refractivity contribution in [3.05, 3.63) is 35.4 Å².